The van der Waals surface area contributed by atoms with E-state index in [4.69, 9.17) is 27.9 Å². The van der Waals surface area contributed by atoms with Crippen molar-refractivity contribution >= 4 is 29.1 Å². The second-order valence-corrected chi connectivity index (χ2v) is 5.76. The lowest BCUT2D eigenvalue weighted by Crippen LogP contribution is -2.37. The van der Waals surface area contributed by atoms with Crippen molar-refractivity contribution in [2.75, 3.05) is 6.54 Å². The standard InChI is InChI=1S/C17H17Cl2NO2/c1-12(22-16-4-2-3-15(19)11-16)17(21)20-10-9-13-5-7-14(18)8-6-13/h2-8,11-12H,9-10H2,1H3,(H,20,21)/t12-/m0/s1. The zero-order chi connectivity index (χ0) is 15.9. The van der Waals surface area contributed by atoms with Gasteiger partial charge < -0.3 is 10.1 Å². The Morgan fingerprint density at radius 1 is 1.14 bits per heavy atom. The second kappa shape index (κ2) is 8.06. The summed E-state index contributed by atoms with van der Waals surface area (Å²) in [6.45, 7) is 2.25. The SMILES string of the molecule is C[C@H](Oc1cccc(Cl)c1)C(=O)NCCc1ccc(Cl)cc1. The fourth-order valence-corrected chi connectivity index (χ4v) is 2.23. The summed E-state index contributed by atoms with van der Waals surface area (Å²) in [6, 6.07) is 14.5. The molecule has 0 radical (unpaired) electrons. The summed E-state index contributed by atoms with van der Waals surface area (Å²) in [6.07, 6.45) is 0.163. The van der Waals surface area contributed by atoms with Crippen LogP contribution in [0.2, 0.25) is 10.0 Å². The third-order valence-corrected chi connectivity index (χ3v) is 3.59. The Labute approximate surface area is 140 Å². The number of rotatable bonds is 6. The van der Waals surface area contributed by atoms with E-state index in [9.17, 15) is 4.79 Å². The molecule has 0 aromatic heterocycles. The van der Waals surface area contributed by atoms with Crippen molar-refractivity contribution in [3.8, 4) is 5.75 Å². The Kier molecular flexibility index (Phi) is 6.10. The van der Waals surface area contributed by atoms with E-state index in [0.717, 1.165) is 12.0 Å². The number of benzene rings is 2. The first kappa shape index (κ1) is 16.7. The van der Waals surface area contributed by atoms with Crippen LogP contribution < -0.4 is 10.1 Å². The molecule has 0 unspecified atom stereocenters. The van der Waals surface area contributed by atoms with Crippen molar-refractivity contribution < 1.29 is 9.53 Å². The van der Waals surface area contributed by atoms with Gasteiger partial charge in [0.05, 0.1) is 0 Å². The quantitative estimate of drug-likeness (QED) is 0.860. The third-order valence-electron chi connectivity index (χ3n) is 3.10. The first-order chi connectivity index (χ1) is 10.5. The number of halogens is 2. The summed E-state index contributed by atoms with van der Waals surface area (Å²) in [5.74, 6) is 0.418. The third kappa shape index (κ3) is 5.24. The summed E-state index contributed by atoms with van der Waals surface area (Å²) >= 11 is 11.7. The van der Waals surface area contributed by atoms with E-state index in [0.29, 0.717) is 22.3 Å². The molecule has 0 saturated heterocycles. The van der Waals surface area contributed by atoms with Crippen LogP contribution in [0.3, 0.4) is 0 Å². The van der Waals surface area contributed by atoms with E-state index in [-0.39, 0.29) is 5.91 Å². The van der Waals surface area contributed by atoms with Gasteiger partial charge in [-0.2, -0.15) is 0 Å². The predicted molar refractivity (Wildman–Crippen MR) is 89.7 cm³/mol. The van der Waals surface area contributed by atoms with Crippen LogP contribution in [0.1, 0.15) is 12.5 Å². The molecule has 2 rings (SSSR count). The average Bonchev–Trinajstić information content (AvgIpc) is 2.49. The number of carbonyl (C=O) groups excluding carboxylic acids is 1. The number of carbonyl (C=O) groups is 1. The van der Waals surface area contributed by atoms with Crippen LogP contribution >= 0.6 is 23.2 Å². The molecule has 0 spiro atoms. The molecule has 1 amide bonds. The molecule has 5 heteroatoms. The Balaban J connectivity index is 1.77. The number of hydrogen-bond acceptors (Lipinski definition) is 2. The maximum absolute atomic E-state index is 12.0. The Morgan fingerprint density at radius 3 is 2.55 bits per heavy atom. The van der Waals surface area contributed by atoms with Crippen LogP contribution in [0.15, 0.2) is 48.5 Å². The lowest BCUT2D eigenvalue weighted by Gasteiger charge is -2.15. The molecule has 22 heavy (non-hydrogen) atoms. The Hall–Kier alpha value is -1.71. The Bertz CT molecular complexity index is 629. The van der Waals surface area contributed by atoms with E-state index in [1.54, 1.807) is 31.2 Å². The van der Waals surface area contributed by atoms with Crippen LogP contribution in [-0.4, -0.2) is 18.6 Å². The van der Waals surface area contributed by atoms with Gasteiger partial charge in [0.2, 0.25) is 0 Å². The predicted octanol–water partition coefficient (Wildman–Crippen LogP) is 4.12. The highest BCUT2D eigenvalue weighted by Crippen LogP contribution is 2.18. The van der Waals surface area contributed by atoms with Crippen LogP contribution in [0.5, 0.6) is 5.75 Å². The van der Waals surface area contributed by atoms with E-state index in [1.165, 1.54) is 0 Å². The van der Waals surface area contributed by atoms with Crippen molar-refractivity contribution in [2.24, 2.45) is 0 Å². The van der Waals surface area contributed by atoms with Crippen molar-refractivity contribution in [1.29, 1.82) is 0 Å². The molecule has 1 atom stereocenters. The first-order valence-corrected chi connectivity index (χ1v) is 7.74. The topological polar surface area (TPSA) is 38.3 Å². The van der Waals surface area contributed by atoms with Gasteiger partial charge in [0.15, 0.2) is 6.10 Å². The summed E-state index contributed by atoms with van der Waals surface area (Å²) in [4.78, 5) is 12.0. The number of amides is 1. The summed E-state index contributed by atoms with van der Waals surface area (Å²) in [5.41, 5.74) is 1.12. The van der Waals surface area contributed by atoms with Gasteiger partial charge in [0.25, 0.3) is 5.91 Å². The second-order valence-electron chi connectivity index (χ2n) is 4.88. The van der Waals surface area contributed by atoms with E-state index >= 15 is 0 Å². The molecular weight excluding hydrogens is 321 g/mol. The largest absolute Gasteiger partial charge is 0.481 e. The number of ether oxygens (including phenoxy) is 1. The molecule has 0 heterocycles. The van der Waals surface area contributed by atoms with Crippen molar-refractivity contribution in [1.82, 2.24) is 5.32 Å². The molecule has 0 aliphatic heterocycles. The van der Waals surface area contributed by atoms with E-state index < -0.39 is 6.10 Å². The Morgan fingerprint density at radius 2 is 1.86 bits per heavy atom. The first-order valence-electron chi connectivity index (χ1n) is 6.99. The van der Waals surface area contributed by atoms with Gasteiger partial charge in [0, 0.05) is 16.6 Å². The van der Waals surface area contributed by atoms with Gasteiger partial charge in [0.1, 0.15) is 5.75 Å². The minimum Gasteiger partial charge on any atom is -0.481 e. The molecule has 0 aliphatic carbocycles. The molecule has 116 valence electrons. The fraction of sp³-hybridized carbons (Fsp3) is 0.235. The normalized spacial score (nSPS) is 11.8. The summed E-state index contributed by atoms with van der Waals surface area (Å²) in [5, 5.41) is 4.13. The van der Waals surface area contributed by atoms with Gasteiger partial charge in [-0.1, -0.05) is 41.4 Å². The fourth-order valence-electron chi connectivity index (χ4n) is 1.92. The van der Waals surface area contributed by atoms with Crippen LogP contribution in [0.25, 0.3) is 0 Å². The van der Waals surface area contributed by atoms with Crippen LogP contribution in [-0.2, 0) is 11.2 Å². The molecule has 0 aliphatic rings. The molecule has 0 saturated carbocycles. The molecule has 1 N–H and O–H groups in total. The smallest absolute Gasteiger partial charge is 0.260 e. The molecule has 0 fully saturated rings. The van der Waals surface area contributed by atoms with Gasteiger partial charge in [-0.25, -0.2) is 0 Å². The van der Waals surface area contributed by atoms with E-state index in [2.05, 4.69) is 5.32 Å². The lowest BCUT2D eigenvalue weighted by molar-refractivity contribution is -0.127. The van der Waals surface area contributed by atoms with Crippen molar-refractivity contribution in [3.63, 3.8) is 0 Å². The van der Waals surface area contributed by atoms with Crippen molar-refractivity contribution in [3.05, 3.63) is 64.1 Å². The molecule has 2 aromatic rings. The maximum Gasteiger partial charge on any atom is 0.260 e. The lowest BCUT2D eigenvalue weighted by atomic mass is 10.1. The van der Waals surface area contributed by atoms with Crippen LogP contribution in [0, 0.1) is 0 Å². The zero-order valence-electron chi connectivity index (χ0n) is 12.2. The van der Waals surface area contributed by atoms with Gasteiger partial charge in [-0.05, 0) is 49.2 Å². The van der Waals surface area contributed by atoms with Gasteiger partial charge in [-0.3, -0.25) is 4.79 Å². The number of nitrogens with one attached hydrogen (secondary N) is 1. The van der Waals surface area contributed by atoms with Gasteiger partial charge >= 0.3 is 0 Å². The molecule has 0 bridgehead atoms. The monoisotopic (exact) mass is 337 g/mol. The summed E-state index contributed by atoms with van der Waals surface area (Å²) < 4.78 is 5.56. The van der Waals surface area contributed by atoms with Gasteiger partial charge in [-0.15, -0.1) is 0 Å². The average molecular weight is 338 g/mol. The highest BCUT2D eigenvalue weighted by molar-refractivity contribution is 6.30. The van der Waals surface area contributed by atoms with E-state index in [1.807, 2.05) is 24.3 Å². The minimum absolute atomic E-state index is 0.158. The minimum atomic E-state index is -0.580. The molecular formula is C17H17Cl2NO2. The zero-order valence-corrected chi connectivity index (χ0v) is 13.7. The maximum atomic E-state index is 12.0. The van der Waals surface area contributed by atoms with Crippen molar-refractivity contribution in [2.45, 2.75) is 19.4 Å². The van der Waals surface area contributed by atoms with Crippen LogP contribution in [0.4, 0.5) is 0 Å². The highest BCUT2D eigenvalue weighted by Gasteiger charge is 2.14. The molecule has 2 aromatic carbocycles. The number of hydrogen-bond donors (Lipinski definition) is 1. The molecule has 3 nitrogen and oxygen atoms in total. The summed E-state index contributed by atoms with van der Waals surface area (Å²) in [7, 11) is 0. The highest BCUT2D eigenvalue weighted by atomic mass is 35.5.